The van der Waals surface area contributed by atoms with Crippen LogP contribution in [0.5, 0.6) is 5.75 Å². The highest BCUT2D eigenvalue weighted by molar-refractivity contribution is 6.09. The molecule has 0 radical (unpaired) electrons. The van der Waals surface area contributed by atoms with Gasteiger partial charge in [0.15, 0.2) is 12.4 Å². The quantitative estimate of drug-likeness (QED) is 0.878. The zero-order valence-electron chi connectivity index (χ0n) is 14.3. The number of carbonyl (C=O) groups is 2. The lowest BCUT2D eigenvalue weighted by molar-refractivity contribution is -0.118. The molecule has 0 aliphatic carbocycles. The Labute approximate surface area is 146 Å². The summed E-state index contributed by atoms with van der Waals surface area (Å²) in [5.41, 5.74) is 2.73. The number of nitrogens with one attached hydrogen (secondary N) is 2. The van der Waals surface area contributed by atoms with Crippen LogP contribution < -0.4 is 20.3 Å². The van der Waals surface area contributed by atoms with Crippen molar-refractivity contribution >= 4 is 28.9 Å². The van der Waals surface area contributed by atoms with E-state index >= 15 is 0 Å². The second kappa shape index (κ2) is 7.25. The number of rotatable bonds is 5. The van der Waals surface area contributed by atoms with Gasteiger partial charge in [-0.05, 0) is 50.2 Å². The summed E-state index contributed by atoms with van der Waals surface area (Å²) in [6.07, 6.45) is 0. The average molecular weight is 339 g/mol. The molecule has 130 valence electrons. The predicted octanol–water partition coefficient (Wildman–Crippen LogP) is 3.12. The van der Waals surface area contributed by atoms with Crippen molar-refractivity contribution in [1.82, 2.24) is 0 Å². The standard InChI is InChI=1S/C19H21N3O3/c1-3-22(4-2)14-10-8-13(9-11-14)20-19(24)15-6-5-7-16-18(15)25-12-17(23)21-16/h5-11H,3-4,12H2,1-2H3,(H,20,24)(H,21,23). The minimum atomic E-state index is -0.274. The number of carbonyl (C=O) groups excluding carboxylic acids is 2. The molecule has 2 amide bonds. The molecule has 2 aromatic rings. The van der Waals surface area contributed by atoms with E-state index in [4.69, 9.17) is 4.74 Å². The van der Waals surface area contributed by atoms with E-state index in [0.29, 0.717) is 22.7 Å². The fourth-order valence-electron chi connectivity index (χ4n) is 2.84. The Balaban J connectivity index is 1.77. The Bertz CT molecular complexity index is 783. The SMILES string of the molecule is CCN(CC)c1ccc(NC(=O)c2cccc3c2OCC(=O)N3)cc1. The van der Waals surface area contributed by atoms with Gasteiger partial charge in [-0.2, -0.15) is 0 Å². The third-order valence-electron chi connectivity index (χ3n) is 4.14. The molecule has 0 unspecified atom stereocenters. The first-order chi connectivity index (χ1) is 12.1. The number of ether oxygens (including phenoxy) is 1. The number of benzene rings is 2. The van der Waals surface area contributed by atoms with E-state index in [1.165, 1.54) is 0 Å². The number of para-hydroxylation sites is 1. The van der Waals surface area contributed by atoms with Crippen LogP contribution in [0.1, 0.15) is 24.2 Å². The molecule has 0 bridgehead atoms. The van der Waals surface area contributed by atoms with Gasteiger partial charge in [0.1, 0.15) is 0 Å². The van der Waals surface area contributed by atoms with Crippen molar-refractivity contribution in [2.24, 2.45) is 0 Å². The summed E-state index contributed by atoms with van der Waals surface area (Å²) >= 11 is 0. The molecule has 0 saturated carbocycles. The van der Waals surface area contributed by atoms with Crippen molar-refractivity contribution in [3.8, 4) is 5.75 Å². The van der Waals surface area contributed by atoms with Gasteiger partial charge in [0, 0.05) is 24.5 Å². The molecular formula is C19H21N3O3. The van der Waals surface area contributed by atoms with Crippen LogP contribution in [0.4, 0.5) is 17.1 Å². The van der Waals surface area contributed by atoms with Gasteiger partial charge in [-0.25, -0.2) is 0 Å². The molecule has 25 heavy (non-hydrogen) atoms. The fraction of sp³-hybridized carbons (Fsp3) is 0.263. The molecule has 1 heterocycles. The van der Waals surface area contributed by atoms with Crippen LogP contribution in [0.2, 0.25) is 0 Å². The third kappa shape index (κ3) is 3.57. The Hall–Kier alpha value is -3.02. The van der Waals surface area contributed by atoms with E-state index in [2.05, 4.69) is 29.4 Å². The smallest absolute Gasteiger partial charge is 0.262 e. The minimum Gasteiger partial charge on any atom is -0.481 e. The van der Waals surface area contributed by atoms with E-state index in [0.717, 1.165) is 18.8 Å². The van der Waals surface area contributed by atoms with Crippen LogP contribution in [0.25, 0.3) is 0 Å². The van der Waals surface area contributed by atoms with Gasteiger partial charge in [-0.15, -0.1) is 0 Å². The van der Waals surface area contributed by atoms with E-state index in [1.807, 2.05) is 24.3 Å². The maximum absolute atomic E-state index is 12.6. The molecule has 1 aliphatic rings. The zero-order chi connectivity index (χ0) is 17.8. The van der Waals surface area contributed by atoms with E-state index in [-0.39, 0.29) is 18.4 Å². The van der Waals surface area contributed by atoms with Crippen LogP contribution in [0, 0.1) is 0 Å². The molecule has 6 heteroatoms. The highest BCUT2D eigenvalue weighted by Gasteiger charge is 2.22. The minimum absolute atomic E-state index is 0.0874. The third-order valence-corrected chi connectivity index (χ3v) is 4.14. The van der Waals surface area contributed by atoms with Gasteiger partial charge >= 0.3 is 0 Å². The van der Waals surface area contributed by atoms with Crippen LogP contribution in [0.3, 0.4) is 0 Å². The Morgan fingerprint density at radius 2 is 1.88 bits per heavy atom. The number of amides is 2. The largest absolute Gasteiger partial charge is 0.481 e. The summed E-state index contributed by atoms with van der Waals surface area (Å²) in [6, 6.07) is 12.8. The van der Waals surface area contributed by atoms with Gasteiger partial charge in [-0.3, -0.25) is 9.59 Å². The number of hydrogen-bond acceptors (Lipinski definition) is 4. The number of fused-ring (bicyclic) bond motifs is 1. The average Bonchev–Trinajstić information content (AvgIpc) is 2.63. The topological polar surface area (TPSA) is 70.7 Å². The molecule has 0 saturated heterocycles. The van der Waals surface area contributed by atoms with Gasteiger partial charge in [0.25, 0.3) is 11.8 Å². The van der Waals surface area contributed by atoms with E-state index in [1.54, 1.807) is 18.2 Å². The van der Waals surface area contributed by atoms with Crippen molar-refractivity contribution in [3.63, 3.8) is 0 Å². The molecule has 3 rings (SSSR count). The Morgan fingerprint density at radius 1 is 1.16 bits per heavy atom. The lowest BCUT2D eigenvalue weighted by atomic mass is 10.1. The van der Waals surface area contributed by atoms with Crippen LogP contribution >= 0.6 is 0 Å². The maximum atomic E-state index is 12.6. The lowest BCUT2D eigenvalue weighted by Gasteiger charge is -2.21. The summed E-state index contributed by atoms with van der Waals surface area (Å²) < 4.78 is 5.43. The van der Waals surface area contributed by atoms with Crippen LogP contribution in [0.15, 0.2) is 42.5 Å². The summed E-state index contributed by atoms with van der Waals surface area (Å²) in [6.45, 7) is 5.99. The van der Waals surface area contributed by atoms with Crippen molar-refractivity contribution in [2.45, 2.75) is 13.8 Å². The van der Waals surface area contributed by atoms with Gasteiger partial charge in [0.2, 0.25) is 0 Å². The van der Waals surface area contributed by atoms with Crippen molar-refractivity contribution in [1.29, 1.82) is 0 Å². The zero-order valence-corrected chi connectivity index (χ0v) is 14.3. The molecule has 0 spiro atoms. The molecule has 0 fully saturated rings. The summed E-state index contributed by atoms with van der Waals surface area (Å²) in [7, 11) is 0. The fourth-order valence-corrected chi connectivity index (χ4v) is 2.84. The first-order valence-corrected chi connectivity index (χ1v) is 8.34. The monoisotopic (exact) mass is 339 g/mol. The lowest BCUT2D eigenvalue weighted by Crippen LogP contribution is -2.27. The molecule has 0 aromatic heterocycles. The van der Waals surface area contributed by atoms with Crippen molar-refractivity contribution in [2.75, 3.05) is 35.2 Å². The van der Waals surface area contributed by atoms with Crippen molar-refractivity contribution in [3.05, 3.63) is 48.0 Å². The van der Waals surface area contributed by atoms with Gasteiger partial charge in [0.05, 0.1) is 11.3 Å². The molecule has 2 N–H and O–H groups in total. The molecular weight excluding hydrogens is 318 g/mol. The Morgan fingerprint density at radius 3 is 2.56 bits per heavy atom. The van der Waals surface area contributed by atoms with E-state index in [9.17, 15) is 9.59 Å². The maximum Gasteiger partial charge on any atom is 0.262 e. The van der Waals surface area contributed by atoms with Crippen molar-refractivity contribution < 1.29 is 14.3 Å². The molecule has 1 aliphatic heterocycles. The highest BCUT2D eigenvalue weighted by Crippen LogP contribution is 2.32. The summed E-state index contributed by atoms with van der Waals surface area (Å²) in [5.74, 6) is -0.0972. The first-order valence-electron chi connectivity index (χ1n) is 8.34. The van der Waals surface area contributed by atoms with Gasteiger partial charge < -0.3 is 20.3 Å². The number of hydrogen-bond donors (Lipinski definition) is 2. The second-order valence-corrected chi connectivity index (χ2v) is 5.69. The van der Waals surface area contributed by atoms with E-state index < -0.39 is 0 Å². The molecule has 2 aromatic carbocycles. The molecule has 0 atom stereocenters. The molecule has 6 nitrogen and oxygen atoms in total. The second-order valence-electron chi connectivity index (χ2n) is 5.69. The normalized spacial score (nSPS) is 12.6. The summed E-state index contributed by atoms with van der Waals surface area (Å²) in [4.78, 5) is 26.2. The Kier molecular flexibility index (Phi) is 4.88. The van der Waals surface area contributed by atoms with Gasteiger partial charge in [-0.1, -0.05) is 6.07 Å². The first kappa shape index (κ1) is 16.8. The number of nitrogens with zero attached hydrogens (tertiary/aromatic N) is 1. The van der Waals surface area contributed by atoms with Crippen LogP contribution in [-0.4, -0.2) is 31.5 Å². The highest BCUT2D eigenvalue weighted by atomic mass is 16.5. The summed E-state index contributed by atoms with van der Waals surface area (Å²) in [5, 5.41) is 5.57. The predicted molar refractivity (Wildman–Crippen MR) is 98.5 cm³/mol. The number of anilines is 3. The van der Waals surface area contributed by atoms with Crippen LogP contribution in [-0.2, 0) is 4.79 Å².